The molecule has 2 rings (SSSR count). The molecule has 2 heterocycles. The van der Waals surface area contributed by atoms with Gasteiger partial charge in [0.1, 0.15) is 0 Å². The van der Waals surface area contributed by atoms with Crippen molar-refractivity contribution in [3.05, 3.63) is 0 Å². The van der Waals surface area contributed by atoms with Gasteiger partial charge >= 0.3 is 0 Å². The van der Waals surface area contributed by atoms with Crippen LogP contribution in [0.5, 0.6) is 0 Å². The van der Waals surface area contributed by atoms with E-state index in [2.05, 4.69) is 17.1 Å². The van der Waals surface area contributed by atoms with E-state index in [0.29, 0.717) is 6.54 Å². The molecule has 0 aromatic heterocycles. The molecule has 110 valence electrons. The predicted octanol–water partition coefficient (Wildman–Crippen LogP) is 0.167. The van der Waals surface area contributed by atoms with Crippen molar-refractivity contribution in [2.24, 2.45) is 5.92 Å². The van der Waals surface area contributed by atoms with E-state index < -0.39 is 0 Å². The van der Waals surface area contributed by atoms with Crippen LogP contribution in [-0.2, 0) is 9.53 Å². The van der Waals surface area contributed by atoms with Crippen molar-refractivity contribution in [2.75, 3.05) is 59.0 Å². The number of carbonyl (C=O) groups excluding carboxylic acids is 1. The third-order valence-electron chi connectivity index (χ3n) is 4.12. The summed E-state index contributed by atoms with van der Waals surface area (Å²) in [6.07, 6.45) is 2.30. The number of rotatable bonds is 5. The Morgan fingerprint density at radius 2 is 1.89 bits per heavy atom. The van der Waals surface area contributed by atoms with E-state index in [1.54, 1.807) is 0 Å². The Morgan fingerprint density at radius 3 is 2.58 bits per heavy atom. The molecule has 0 bridgehead atoms. The van der Waals surface area contributed by atoms with E-state index >= 15 is 0 Å². The van der Waals surface area contributed by atoms with Crippen molar-refractivity contribution in [3.8, 4) is 0 Å². The van der Waals surface area contributed by atoms with Gasteiger partial charge in [-0.05, 0) is 18.8 Å². The number of likely N-dealkylation sites (tertiary alicyclic amines) is 1. The number of ether oxygens (including phenoxy) is 1. The number of amides is 1. The van der Waals surface area contributed by atoms with Crippen molar-refractivity contribution in [3.63, 3.8) is 0 Å². The van der Waals surface area contributed by atoms with E-state index in [1.807, 2.05) is 4.90 Å². The molecule has 0 aliphatic carbocycles. The van der Waals surface area contributed by atoms with Crippen molar-refractivity contribution in [1.82, 2.24) is 15.1 Å². The SMILES string of the molecule is CC1CCN(C(=O)CNCCN2CCOCC2)CC1. The molecule has 0 saturated carbocycles. The summed E-state index contributed by atoms with van der Waals surface area (Å²) in [6, 6.07) is 0. The highest BCUT2D eigenvalue weighted by atomic mass is 16.5. The number of hydrogen-bond donors (Lipinski definition) is 1. The van der Waals surface area contributed by atoms with Crippen LogP contribution in [0, 0.1) is 5.92 Å². The molecule has 2 saturated heterocycles. The van der Waals surface area contributed by atoms with Crippen molar-refractivity contribution in [2.45, 2.75) is 19.8 Å². The van der Waals surface area contributed by atoms with Crippen molar-refractivity contribution in [1.29, 1.82) is 0 Å². The van der Waals surface area contributed by atoms with Crippen molar-refractivity contribution < 1.29 is 9.53 Å². The highest BCUT2D eigenvalue weighted by Crippen LogP contribution is 2.15. The molecule has 0 radical (unpaired) electrons. The van der Waals surface area contributed by atoms with E-state index in [0.717, 1.165) is 71.2 Å². The standard InChI is InChI=1S/C14H27N3O2/c1-13-2-5-17(6-3-13)14(18)12-15-4-7-16-8-10-19-11-9-16/h13,15H,2-12H2,1H3. The largest absolute Gasteiger partial charge is 0.379 e. The van der Waals surface area contributed by atoms with Crippen LogP contribution in [0.15, 0.2) is 0 Å². The average Bonchev–Trinajstić information content (AvgIpc) is 2.45. The third-order valence-corrected chi connectivity index (χ3v) is 4.12. The van der Waals surface area contributed by atoms with Crippen LogP contribution in [0.3, 0.4) is 0 Å². The van der Waals surface area contributed by atoms with Gasteiger partial charge in [-0.3, -0.25) is 9.69 Å². The number of hydrogen-bond acceptors (Lipinski definition) is 4. The Labute approximate surface area is 116 Å². The van der Waals surface area contributed by atoms with Gasteiger partial charge in [-0.25, -0.2) is 0 Å². The number of nitrogens with one attached hydrogen (secondary N) is 1. The smallest absolute Gasteiger partial charge is 0.236 e. The maximum atomic E-state index is 12.0. The molecule has 0 atom stereocenters. The van der Waals surface area contributed by atoms with Crippen LogP contribution in [0.1, 0.15) is 19.8 Å². The summed E-state index contributed by atoms with van der Waals surface area (Å²) in [7, 11) is 0. The Balaban J connectivity index is 1.53. The van der Waals surface area contributed by atoms with Crippen LogP contribution in [0.4, 0.5) is 0 Å². The molecule has 19 heavy (non-hydrogen) atoms. The lowest BCUT2D eigenvalue weighted by atomic mass is 9.99. The molecule has 0 spiro atoms. The molecule has 0 aromatic carbocycles. The van der Waals surface area contributed by atoms with Crippen LogP contribution in [0.2, 0.25) is 0 Å². The van der Waals surface area contributed by atoms with Crippen LogP contribution in [0.25, 0.3) is 0 Å². The van der Waals surface area contributed by atoms with Gasteiger partial charge in [-0.2, -0.15) is 0 Å². The fourth-order valence-corrected chi connectivity index (χ4v) is 2.63. The van der Waals surface area contributed by atoms with Gasteiger partial charge in [0.05, 0.1) is 19.8 Å². The number of carbonyl (C=O) groups is 1. The lowest BCUT2D eigenvalue weighted by molar-refractivity contribution is -0.131. The normalized spacial score (nSPS) is 22.7. The summed E-state index contributed by atoms with van der Waals surface area (Å²) < 4.78 is 5.31. The predicted molar refractivity (Wildman–Crippen MR) is 75.1 cm³/mol. The Hall–Kier alpha value is -0.650. The number of morpholine rings is 1. The first-order valence-electron chi connectivity index (χ1n) is 7.54. The topological polar surface area (TPSA) is 44.8 Å². The van der Waals surface area contributed by atoms with E-state index in [-0.39, 0.29) is 5.91 Å². The summed E-state index contributed by atoms with van der Waals surface area (Å²) >= 11 is 0. The first kappa shape index (κ1) is 14.8. The maximum Gasteiger partial charge on any atom is 0.236 e. The second-order valence-electron chi connectivity index (χ2n) is 5.69. The van der Waals surface area contributed by atoms with Gasteiger partial charge in [0.2, 0.25) is 5.91 Å². The molecular weight excluding hydrogens is 242 g/mol. The highest BCUT2D eigenvalue weighted by Gasteiger charge is 2.19. The van der Waals surface area contributed by atoms with Gasteiger partial charge < -0.3 is 15.0 Å². The van der Waals surface area contributed by atoms with Gasteiger partial charge in [0, 0.05) is 39.3 Å². The number of nitrogens with zero attached hydrogens (tertiary/aromatic N) is 2. The molecule has 2 aliphatic rings. The van der Waals surface area contributed by atoms with Crippen LogP contribution < -0.4 is 5.32 Å². The molecule has 0 unspecified atom stereocenters. The summed E-state index contributed by atoms with van der Waals surface area (Å²) in [5.74, 6) is 1.03. The monoisotopic (exact) mass is 269 g/mol. The van der Waals surface area contributed by atoms with E-state index in [9.17, 15) is 4.79 Å². The molecular formula is C14H27N3O2. The third kappa shape index (κ3) is 5.09. The second kappa shape index (κ2) is 7.82. The zero-order valence-electron chi connectivity index (χ0n) is 12.1. The van der Waals surface area contributed by atoms with Gasteiger partial charge in [0.25, 0.3) is 0 Å². The summed E-state index contributed by atoms with van der Waals surface area (Å²) in [6.45, 7) is 10.2. The quantitative estimate of drug-likeness (QED) is 0.723. The zero-order chi connectivity index (χ0) is 13.5. The van der Waals surface area contributed by atoms with Crippen molar-refractivity contribution >= 4 is 5.91 Å². The zero-order valence-corrected chi connectivity index (χ0v) is 12.1. The highest BCUT2D eigenvalue weighted by molar-refractivity contribution is 5.78. The Morgan fingerprint density at radius 1 is 1.21 bits per heavy atom. The molecule has 0 aromatic rings. The summed E-state index contributed by atoms with van der Waals surface area (Å²) in [5.41, 5.74) is 0. The van der Waals surface area contributed by atoms with Gasteiger partial charge in [0.15, 0.2) is 0 Å². The Bertz CT molecular complexity index is 272. The minimum Gasteiger partial charge on any atom is -0.379 e. The summed E-state index contributed by atoms with van der Waals surface area (Å²) in [4.78, 5) is 16.4. The molecule has 1 amide bonds. The van der Waals surface area contributed by atoms with E-state index in [1.165, 1.54) is 0 Å². The van der Waals surface area contributed by atoms with Gasteiger partial charge in [-0.1, -0.05) is 6.92 Å². The lowest BCUT2D eigenvalue weighted by Gasteiger charge is -2.30. The molecule has 1 N–H and O–H groups in total. The molecule has 2 aliphatic heterocycles. The molecule has 5 heteroatoms. The fourth-order valence-electron chi connectivity index (χ4n) is 2.63. The maximum absolute atomic E-state index is 12.0. The first-order chi connectivity index (χ1) is 9.25. The fraction of sp³-hybridized carbons (Fsp3) is 0.929. The number of piperidine rings is 1. The van der Waals surface area contributed by atoms with Gasteiger partial charge in [-0.15, -0.1) is 0 Å². The summed E-state index contributed by atoms with van der Waals surface area (Å²) in [5, 5.41) is 3.27. The first-order valence-corrected chi connectivity index (χ1v) is 7.54. The minimum atomic E-state index is 0.258. The van der Waals surface area contributed by atoms with Crippen LogP contribution in [-0.4, -0.2) is 74.7 Å². The molecule has 2 fully saturated rings. The van der Waals surface area contributed by atoms with E-state index in [4.69, 9.17) is 4.74 Å². The van der Waals surface area contributed by atoms with Crippen LogP contribution >= 0.6 is 0 Å². The lowest BCUT2D eigenvalue weighted by Crippen LogP contribution is -2.45. The Kier molecular flexibility index (Phi) is 6.07. The molecule has 5 nitrogen and oxygen atoms in total. The minimum absolute atomic E-state index is 0.258. The average molecular weight is 269 g/mol. The second-order valence-corrected chi connectivity index (χ2v) is 5.69.